The molecular formula is C11H10N2O3S. The van der Waals surface area contributed by atoms with Gasteiger partial charge in [0, 0.05) is 0 Å². The summed E-state index contributed by atoms with van der Waals surface area (Å²) in [6.07, 6.45) is 2.97. The maximum atomic E-state index is 11.0. The molecule has 0 saturated carbocycles. The number of carboxylic acids is 1. The molecule has 0 aliphatic carbocycles. The third-order valence-electron chi connectivity index (χ3n) is 2.22. The van der Waals surface area contributed by atoms with E-state index in [-0.39, 0.29) is 4.88 Å². The molecule has 0 bridgehead atoms. The molecule has 0 aromatic carbocycles. The highest BCUT2D eigenvalue weighted by Gasteiger charge is 2.18. The van der Waals surface area contributed by atoms with E-state index >= 15 is 0 Å². The Hall–Kier alpha value is -1.95. The number of aromatic carboxylic acids is 1. The van der Waals surface area contributed by atoms with Crippen LogP contribution in [-0.2, 0) is 0 Å². The largest absolute Gasteiger partial charge is 0.477 e. The number of hydrogen-bond acceptors (Lipinski definition) is 5. The van der Waals surface area contributed by atoms with Crippen molar-refractivity contribution in [1.82, 2.24) is 9.97 Å². The molecule has 0 saturated heterocycles. The van der Waals surface area contributed by atoms with Crippen LogP contribution in [0.15, 0.2) is 19.0 Å². The van der Waals surface area contributed by atoms with Crippen LogP contribution in [0.3, 0.4) is 0 Å². The van der Waals surface area contributed by atoms with Crippen LogP contribution < -0.4 is 4.74 Å². The zero-order valence-corrected chi connectivity index (χ0v) is 9.95. The molecule has 0 aliphatic heterocycles. The minimum Gasteiger partial charge on any atom is -0.477 e. The van der Waals surface area contributed by atoms with Crippen molar-refractivity contribution >= 4 is 27.5 Å². The summed E-state index contributed by atoms with van der Waals surface area (Å²) in [6, 6.07) is 0. The Bertz CT molecular complexity index is 592. The van der Waals surface area contributed by atoms with E-state index in [1.165, 1.54) is 6.33 Å². The molecule has 17 heavy (non-hydrogen) atoms. The molecule has 0 unspecified atom stereocenters. The fourth-order valence-corrected chi connectivity index (χ4v) is 2.47. The van der Waals surface area contributed by atoms with E-state index in [9.17, 15) is 4.79 Å². The smallest absolute Gasteiger partial charge is 0.346 e. The highest BCUT2D eigenvalue weighted by atomic mass is 32.1. The minimum absolute atomic E-state index is 0.268. The van der Waals surface area contributed by atoms with Crippen molar-refractivity contribution in [3.63, 3.8) is 0 Å². The molecule has 0 aliphatic rings. The van der Waals surface area contributed by atoms with Gasteiger partial charge < -0.3 is 9.84 Å². The Morgan fingerprint density at radius 3 is 3.06 bits per heavy atom. The number of nitrogens with zero attached hydrogens (tertiary/aromatic N) is 2. The van der Waals surface area contributed by atoms with E-state index in [0.29, 0.717) is 28.3 Å². The Balaban J connectivity index is 2.62. The van der Waals surface area contributed by atoms with Crippen LogP contribution in [0.25, 0.3) is 10.2 Å². The van der Waals surface area contributed by atoms with E-state index < -0.39 is 5.97 Å². The van der Waals surface area contributed by atoms with Crippen LogP contribution >= 0.6 is 11.3 Å². The predicted octanol–water partition coefficient (Wildman–Crippen LogP) is 2.26. The molecule has 2 heterocycles. The summed E-state index contributed by atoms with van der Waals surface area (Å²) < 4.78 is 5.39. The van der Waals surface area contributed by atoms with Crippen LogP contribution in [0.1, 0.15) is 15.2 Å². The van der Waals surface area contributed by atoms with Crippen molar-refractivity contribution in [2.45, 2.75) is 6.92 Å². The molecule has 6 heteroatoms. The van der Waals surface area contributed by atoms with E-state index in [4.69, 9.17) is 9.84 Å². The summed E-state index contributed by atoms with van der Waals surface area (Å²) in [7, 11) is 0. The van der Waals surface area contributed by atoms with Gasteiger partial charge in [0.15, 0.2) is 0 Å². The molecule has 2 aromatic heterocycles. The first-order chi connectivity index (χ1) is 8.15. The zero-order chi connectivity index (χ0) is 12.4. The van der Waals surface area contributed by atoms with Gasteiger partial charge in [-0.3, -0.25) is 0 Å². The number of aromatic nitrogens is 2. The highest BCUT2D eigenvalue weighted by Crippen LogP contribution is 2.34. The number of thiophene rings is 1. The first kappa shape index (κ1) is 11.5. The molecule has 0 atom stereocenters. The van der Waals surface area contributed by atoms with E-state index in [1.807, 2.05) is 0 Å². The Kier molecular flexibility index (Phi) is 3.06. The summed E-state index contributed by atoms with van der Waals surface area (Å²) in [6.45, 7) is 5.60. The molecule has 2 aromatic rings. The first-order valence-electron chi connectivity index (χ1n) is 4.86. The Labute approximate surface area is 101 Å². The molecule has 0 spiro atoms. The minimum atomic E-state index is -0.958. The SMILES string of the molecule is C=CCOc1ncnc2sc(C(=O)O)c(C)c12. The van der Waals surface area contributed by atoms with Crippen molar-refractivity contribution < 1.29 is 14.6 Å². The molecule has 0 amide bonds. The Morgan fingerprint density at radius 2 is 2.41 bits per heavy atom. The topological polar surface area (TPSA) is 72.3 Å². The van der Waals surface area contributed by atoms with Crippen LogP contribution in [0.5, 0.6) is 5.88 Å². The van der Waals surface area contributed by atoms with Gasteiger partial charge in [0.05, 0.1) is 5.39 Å². The maximum Gasteiger partial charge on any atom is 0.346 e. The molecule has 2 rings (SSSR count). The van der Waals surface area contributed by atoms with Gasteiger partial charge in [-0.15, -0.1) is 11.3 Å². The normalized spacial score (nSPS) is 10.4. The predicted molar refractivity (Wildman–Crippen MR) is 64.8 cm³/mol. The number of carboxylic acid groups (broad SMARTS) is 1. The standard InChI is InChI=1S/C11H10N2O3S/c1-3-4-16-9-7-6(2)8(11(14)15)17-10(7)13-5-12-9/h3,5H,1,4H2,2H3,(H,14,15). The number of aryl methyl sites for hydroxylation is 1. The third-order valence-corrected chi connectivity index (χ3v) is 3.41. The summed E-state index contributed by atoms with van der Waals surface area (Å²) in [5, 5.41) is 9.70. The van der Waals surface area contributed by atoms with Crippen LogP contribution in [0, 0.1) is 6.92 Å². The average Bonchev–Trinajstić information content (AvgIpc) is 2.65. The third kappa shape index (κ3) is 1.99. The van der Waals surface area contributed by atoms with Gasteiger partial charge in [0.2, 0.25) is 5.88 Å². The highest BCUT2D eigenvalue weighted by molar-refractivity contribution is 7.20. The van der Waals surface area contributed by atoms with Crippen molar-refractivity contribution in [2.75, 3.05) is 6.61 Å². The number of fused-ring (bicyclic) bond motifs is 1. The lowest BCUT2D eigenvalue weighted by Gasteiger charge is -2.03. The molecule has 5 nitrogen and oxygen atoms in total. The fourth-order valence-electron chi connectivity index (χ4n) is 1.49. The molecule has 88 valence electrons. The monoisotopic (exact) mass is 250 g/mol. The molecule has 0 radical (unpaired) electrons. The lowest BCUT2D eigenvalue weighted by molar-refractivity contribution is 0.0701. The summed E-state index contributed by atoms with van der Waals surface area (Å²) in [5.74, 6) is -0.559. The Morgan fingerprint density at radius 1 is 1.65 bits per heavy atom. The second kappa shape index (κ2) is 4.50. The van der Waals surface area contributed by atoms with Gasteiger partial charge in [0.1, 0.15) is 22.6 Å². The summed E-state index contributed by atoms with van der Waals surface area (Å²) >= 11 is 1.12. The number of ether oxygens (including phenoxy) is 1. The van der Waals surface area contributed by atoms with Gasteiger partial charge in [0.25, 0.3) is 0 Å². The van der Waals surface area contributed by atoms with Gasteiger partial charge in [-0.2, -0.15) is 0 Å². The number of carbonyl (C=O) groups is 1. The van der Waals surface area contributed by atoms with Crippen molar-refractivity contribution in [2.24, 2.45) is 0 Å². The van der Waals surface area contributed by atoms with E-state index in [0.717, 1.165) is 11.3 Å². The van der Waals surface area contributed by atoms with Gasteiger partial charge in [-0.05, 0) is 12.5 Å². The summed E-state index contributed by atoms with van der Waals surface area (Å²) in [4.78, 5) is 20.0. The molecule has 1 N–H and O–H groups in total. The zero-order valence-electron chi connectivity index (χ0n) is 9.14. The van der Waals surface area contributed by atoms with E-state index in [1.54, 1.807) is 13.0 Å². The van der Waals surface area contributed by atoms with Gasteiger partial charge in [-0.1, -0.05) is 12.7 Å². The average molecular weight is 250 g/mol. The van der Waals surface area contributed by atoms with Crippen molar-refractivity contribution in [3.05, 3.63) is 29.4 Å². The van der Waals surface area contributed by atoms with Crippen molar-refractivity contribution in [1.29, 1.82) is 0 Å². The first-order valence-corrected chi connectivity index (χ1v) is 5.68. The number of hydrogen-bond donors (Lipinski definition) is 1. The molecular weight excluding hydrogens is 240 g/mol. The van der Waals surface area contributed by atoms with Crippen LogP contribution in [-0.4, -0.2) is 27.7 Å². The molecule has 0 fully saturated rings. The maximum absolute atomic E-state index is 11.0. The van der Waals surface area contributed by atoms with Crippen LogP contribution in [0.4, 0.5) is 0 Å². The fraction of sp³-hybridized carbons (Fsp3) is 0.182. The lowest BCUT2D eigenvalue weighted by atomic mass is 10.2. The summed E-state index contributed by atoms with van der Waals surface area (Å²) in [5.41, 5.74) is 0.636. The second-order valence-electron chi connectivity index (χ2n) is 3.32. The quantitative estimate of drug-likeness (QED) is 0.843. The second-order valence-corrected chi connectivity index (χ2v) is 4.32. The lowest BCUT2D eigenvalue weighted by Crippen LogP contribution is -1.98. The van der Waals surface area contributed by atoms with Gasteiger partial charge >= 0.3 is 5.97 Å². The van der Waals surface area contributed by atoms with E-state index in [2.05, 4.69) is 16.5 Å². The van der Waals surface area contributed by atoms with Crippen LogP contribution in [0.2, 0.25) is 0 Å². The van der Waals surface area contributed by atoms with Crippen molar-refractivity contribution in [3.8, 4) is 5.88 Å². The van der Waals surface area contributed by atoms with Gasteiger partial charge in [-0.25, -0.2) is 14.8 Å². The number of rotatable bonds is 4.